The third kappa shape index (κ3) is 8.00. The van der Waals surface area contributed by atoms with E-state index in [0.29, 0.717) is 6.61 Å². The van der Waals surface area contributed by atoms with Gasteiger partial charge in [0.2, 0.25) is 0 Å². The van der Waals surface area contributed by atoms with E-state index in [0.717, 1.165) is 12.8 Å². The Kier molecular flexibility index (Phi) is 8.05. The number of unbranched alkanes of at least 4 members (excludes halogenated alkanes) is 1. The van der Waals surface area contributed by atoms with Crippen molar-refractivity contribution in [3.8, 4) is 0 Å². The molecule has 0 radical (unpaired) electrons. The van der Waals surface area contributed by atoms with Crippen LogP contribution in [0.15, 0.2) is 12.7 Å². The maximum atomic E-state index is 9.04. The maximum Gasteiger partial charge on any atom is 0.0745 e. The van der Waals surface area contributed by atoms with Crippen LogP contribution in [-0.4, -0.2) is 23.9 Å². The van der Waals surface area contributed by atoms with Gasteiger partial charge in [-0.1, -0.05) is 25.8 Å². The highest BCUT2D eigenvalue weighted by Crippen LogP contribution is 2.09. The average Bonchev–Trinajstić information content (AvgIpc) is 2.09. The Morgan fingerprint density at radius 2 is 2.23 bits per heavy atom. The number of aliphatic hydroxyl groups is 1. The Hall–Kier alpha value is -0.340. The van der Waals surface area contributed by atoms with Crippen LogP contribution in [0, 0.1) is 0 Å². The second-order valence-electron chi connectivity index (χ2n) is 3.47. The Morgan fingerprint density at radius 1 is 1.54 bits per heavy atom. The summed E-state index contributed by atoms with van der Waals surface area (Å²) < 4.78 is 5.52. The van der Waals surface area contributed by atoms with E-state index >= 15 is 0 Å². The van der Waals surface area contributed by atoms with E-state index < -0.39 is 0 Å². The SMILES string of the molecule is C=CCC(CCCC)OCC(C)O. The number of hydrogen-bond donors (Lipinski definition) is 1. The predicted octanol–water partition coefficient (Wildman–Crippen LogP) is 2.52. The van der Waals surface area contributed by atoms with E-state index in [1.54, 1.807) is 6.92 Å². The standard InChI is InChI=1S/C11H22O2/c1-4-6-8-11(7-5-2)13-9-10(3)12/h5,10-12H,2,4,6-9H2,1,3H3. The van der Waals surface area contributed by atoms with E-state index in [4.69, 9.17) is 9.84 Å². The van der Waals surface area contributed by atoms with Crippen LogP contribution in [0.25, 0.3) is 0 Å². The summed E-state index contributed by atoms with van der Waals surface area (Å²) >= 11 is 0. The molecule has 0 saturated heterocycles. The zero-order valence-corrected chi connectivity index (χ0v) is 8.83. The molecule has 2 heteroatoms. The molecule has 2 atom stereocenters. The molecule has 0 fully saturated rings. The molecule has 0 bridgehead atoms. The largest absolute Gasteiger partial charge is 0.391 e. The fraction of sp³-hybridized carbons (Fsp3) is 0.818. The van der Waals surface area contributed by atoms with Gasteiger partial charge in [0.05, 0.1) is 18.8 Å². The lowest BCUT2D eigenvalue weighted by molar-refractivity contribution is -0.00554. The first-order valence-corrected chi connectivity index (χ1v) is 5.11. The van der Waals surface area contributed by atoms with Gasteiger partial charge in [0.15, 0.2) is 0 Å². The number of aliphatic hydroxyl groups excluding tert-OH is 1. The molecule has 0 amide bonds. The lowest BCUT2D eigenvalue weighted by atomic mass is 10.1. The zero-order chi connectivity index (χ0) is 10.1. The van der Waals surface area contributed by atoms with Crippen molar-refractivity contribution < 1.29 is 9.84 Å². The van der Waals surface area contributed by atoms with Gasteiger partial charge in [-0.25, -0.2) is 0 Å². The minimum absolute atomic E-state index is 0.243. The molecule has 78 valence electrons. The van der Waals surface area contributed by atoms with Crippen LogP contribution in [0.1, 0.15) is 39.5 Å². The molecule has 0 aromatic rings. The molecule has 0 rings (SSSR count). The molecule has 0 aliphatic carbocycles. The fourth-order valence-electron chi connectivity index (χ4n) is 1.16. The van der Waals surface area contributed by atoms with Crippen molar-refractivity contribution in [2.24, 2.45) is 0 Å². The lowest BCUT2D eigenvalue weighted by Gasteiger charge is -2.16. The van der Waals surface area contributed by atoms with Gasteiger partial charge in [-0.3, -0.25) is 0 Å². The average molecular weight is 186 g/mol. The van der Waals surface area contributed by atoms with Crippen LogP contribution < -0.4 is 0 Å². The first kappa shape index (κ1) is 12.7. The smallest absolute Gasteiger partial charge is 0.0745 e. The Balaban J connectivity index is 3.59. The predicted molar refractivity (Wildman–Crippen MR) is 55.8 cm³/mol. The highest BCUT2D eigenvalue weighted by atomic mass is 16.5. The van der Waals surface area contributed by atoms with Crippen molar-refractivity contribution >= 4 is 0 Å². The molecule has 0 saturated carbocycles. The van der Waals surface area contributed by atoms with Crippen LogP contribution in [0.2, 0.25) is 0 Å². The topological polar surface area (TPSA) is 29.5 Å². The second-order valence-corrected chi connectivity index (χ2v) is 3.47. The molecule has 2 nitrogen and oxygen atoms in total. The van der Waals surface area contributed by atoms with E-state index in [-0.39, 0.29) is 12.2 Å². The Morgan fingerprint density at radius 3 is 2.69 bits per heavy atom. The van der Waals surface area contributed by atoms with Gasteiger partial charge in [-0.2, -0.15) is 0 Å². The molecule has 0 aromatic heterocycles. The van der Waals surface area contributed by atoms with Crippen molar-refractivity contribution in [1.82, 2.24) is 0 Å². The molecular weight excluding hydrogens is 164 g/mol. The summed E-state index contributed by atoms with van der Waals surface area (Å²) in [6, 6.07) is 0. The van der Waals surface area contributed by atoms with Crippen molar-refractivity contribution in [2.75, 3.05) is 6.61 Å². The number of rotatable bonds is 8. The highest BCUT2D eigenvalue weighted by molar-refractivity contribution is 4.73. The summed E-state index contributed by atoms with van der Waals surface area (Å²) in [5.74, 6) is 0. The van der Waals surface area contributed by atoms with Crippen LogP contribution in [0.5, 0.6) is 0 Å². The Labute approximate surface area is 81.6 Å². The van der Waals surface area contributed by atoms with Crippen molar-refractivity contribution in [1.29, 1.82) is 0 Å². The first-order chi connectivity index (χ1) is 6.20. The minimum atomic E-state index is -0.367. The van der Waals surface area contributed by atoms with Crippen LogP contribution in [0.3, 0.4) is 0 Å². The highest BCUT2D eigenvalue weighted by Gasteiger charge is 2.07. The molecule has 0 spiro atoms. The molecular formula is C11H22O2. The van der Waals surface area contributed by atoms with E-state index in [9.17, 15) is 0 Å². The van der Waals surface area contributed by atoms with E-state index in [2.05, 4.69) is 13.5 Å². The van der Waals surface area contributed by atoms with Crippen LogP contribution in [-0.2, 0) is 4.74 Å². The Bertz CT molecular complexity index is 121. The van der Waals surface area contributed by atoms with Crippen LogP contribution >= 0.6 is 0 Å². The number of ether oxygens (including phenoxy) is 1. The number of hydrogen-bond acceptors (Lipinski definition) is 2. The molecule has 1 N–H and O–H groups in total. The molecule has 13 heavy (non-hydrogen) atoms. The lowest BCUT2D eigenvalue weighted by Crippen LogP contribution is -2.19. The molecule has 0 aliphatic heterocycles. The molecule has 2 unspecified atom stereocenters. The van der Waals surface area contributed by atoms with Gasteiger partial charge < -0.3 is 9.84 Å². The summed E-state index contributed by atoms with van der Waals surface area (Å²) in [5.41, 5.74) is 0. The van der Waals surface area contributed by atoms with Crippen LogP contribution in [0.4, 0.5) is 0 Å². The molecule has 0 heterocycles. The van der Waals surface area contributed by atoms with Gasteiger partial charge in [-0.05, 0) is 19.8 Å². The van der Waals surface area contributed by atoms with Gasteiger partial charge in [-0.15, -0.1) is 6.58 Å². The van der Waals surface area contributed by atoms with Crippen molar-refractivity contribution in [3.05, 3.63) is 12.7 Å². The summed E-state index contributed by atoms with van der Waals surface area (Å²) in [5, 5.41) is 9.04. The maximum absolute atomic E-state index is 9.04. The first-order valence-electron chi connectivity index (χ1n) is 5.11. The summed E-state index contributed by atoms with van der Waals surface area (Å²) in [6.45, 7) is 8.03. The van der Waals surface area contributed by atoms with Gasteiger partial charge in [0, 0.05) is 0 Å². The van der Waals surface area contributed by atoms with Gasteiger partial charge >= 0.3 is 0 Å². The van der Waals surface area contributed by atoms with Gasteiger partial charge in [0.25, 0.3) is 0 Å². The van der Waals surface area contributed by atoms with Gasteiger partial charge in [0.1, 0.15) is 0 Å². The summed E-state index contributed by atoms with van der Waals surface area (Å²) in [4.78, 5) is 0. The zero-order valence-electron chi connectivity index (χ0n) is 8.83. The van der Waals surface area contributed by atoms with E-state index in [1.807, 2.05) is 6.08 Å². The minimum Gasteiger partial charge on any atom is -0.391 e. The third-order valence-electron chi connectivity index (χ3n) is 1.88. The summed E-state index contributed by atoms with van der Waals surface area (Å²) in [7, 11) is 0. The van der Waals surface area contributed by atoms with Crippen molar-refractivity contribution in [2.45, 2.75) is 51.7 Å². The van der Waals surface area contributed by atoms with E-state index in [1.165, 1.54) is 12.8 Å². The third-order valence-corrected chi connectivity index (χ3v) is 1.88. The fourth-order valence-corrected chi connectivity index (χ4v) is 1.16. The second kappa shape index (κ2) is 8.27. The monoisotopic (exact) mass is 186 g/mol. The molecule has 0 aliphatic rings. The quantitative estimate of drug-likeness (QED) is 0.590. The normalized spacial score (nSPS) is 15.3. The van der Waals surface area contributed by atoms with Crippen molar-refractivity contribution in [3.63, 3.8) is 0 Å². The summed E-state index contributed by atoms with van der Waals surface area (Å²) in [6.07, 6.45) is 6.06. The molecule has 0 aromatic carbocycles.